The van der Waals surface area contributed by atoms with Crippen molar-refractivity contribution in [2.24, 2.45) is 5.92 Å². The summed E-state index contributed by atoms with van der Waals surface area (Å²) in [7, 11) is 1.29. The molecule has 0 radical (unpaired) electrons. The van der Waals surface area contributed by atoms with Crippen LogP contribution in [0.4, 0.5) is 11.4 Å². The molecular weight excluding hydrogens is 424 g/mol. The molecule has 1 aliphatic rings. The Hall–Kier alpha value is -3.68. The molecule has 1 saturated heterocycles. The molecule has 1 N–H and O–H groups in total. The number of carbonyl (C=O) groups excluding carboxylic acids is 4. The molecule has 0 unspecified atom stereocenters. The average molecular weight is 453 g/mol. The van der Waals surface area contributed by atoms with Crippen LogP contribution in [0.3, 0.4) is 0 Å². The molecule has 0 bridgehead atoms. The molecule has 174 valence electrons. The number of para-hydroxylation sites is 1. The number of amides is 2. The second kappa shape index (κ2) is 10.8. The number of carbonyl (C=O) groups is 4. The van der Waals surface area contributed by atoms with Gasteiger partial charge in [-0.2, -0.15) is 0 Å². The third-order valence-corrected chi connectivity index (χ3v) is 5.63. The normalized spacial score (nSPS) is 15.3. The van der Waals surface area contributed by atoms with Crippen LogP contribution in [0, 0.1) is 5.92 Å². The Kier molecular flexibility index (Phi) is 7.82. The van der Waals surface area contributed by atoms with Gasteiger partial charge in [0.15, 0.2) is 6.61 Å². The van der Waals surface area contributed by atoms with Gasteiger partial charge >= 0.3 is 11.9 Å². The van der Waals surface area contributed by atoms with E-state index >= 15 is 0 Å². The number of aryl methyl sites for hydroxylation is 2. The molecule has 1 heterocycles. The van der Waals surface area contributed by atoms with Crippen molar-refractivity contribution >= 4 is 35.1 Å². The second-order valence-corrected chi connectivity index (χ2v) is 7.76. The summed E-state index contributed by atoms with van der Waals surface area (Å²) in [6, 6.07) is 12.1. The summed E-state index contributed by atoms with van der Waals surface area (Å²) in [6.07, 6.45) is 1.61. The summed E-state index contributed by atoms with van der Waals surface area (Å²) < 4.78 is 9.81. The van der Waals surface area contributed by atoms with E-state index < -0.39 is 30.4 Å². The average Bonchev–Trinajstić information content (AvgIpc) is 3.22. The summed E-state index contributed by atoms with van der Waals surface area (Å²) in [5, 5.41) is 2.60. The van der Waals surface area contributed by atoms with Crippen molar-refractivity contribution in [1.82, 2.24) is 0 Å². The van der Waals surface area contributed by atoms with E-state index in [9.17, 15) is 19.2 Å². The first-order valence-corrected chi connectivity index (χ1v) is 10.9. The Bertz CT molecular complexity index is 1030. The van der Waals surface area contributed by atoms with Crippen LogP contribution in [0.5, 0.6) is 0 Å². The maximum absolute atomic E-state index is 12.7. The van der Waals surface area contributed by atoms with E-state index in [2.05, 4.69) is 10.1 Å². The predicted octanol–water partition coefficient (Wildman–Crippen LogP) is 3.13. The fourth-order valence-electron chi connectivity index (χ4n) is 3.90. The van der Waals surface area contributed by atoms with Crippen molar-refractivity contribution in [3.8, 4) is 0 Å². The number of esters is 2. The molecule has 0 aromatic heterocycles. The fourth-order valence-corrected chi connectivity index (χ4v) is 3.90. The molecule has 3 rings (SSSR count). The highest BCUT2D eigenvalue weighted by Crippen LogP contribution is 2.32. The maximum Gasteiger partial charge on any atom is 0.337 e. The molecule has 1 aliphatic heterocycles. The van der Waals surface area contributed by atoms with Gasteiger partial charge in [0.2, 0.25) is 5.91 Å². The molecule has 2 aromatic rings. The monoisotopic (exact) mass is 452 g/mol. The number of nitrogens with zero attached hydrogens (tertiary/aromatic N) is 1. The van der Waals surface area contributed by atoms with Crippen LogP contribution in [0.25, 0.3) is 0 Å². The Morgan fingerprint density at radius 2 is 1.67 bits per heavy atom. The van der Waals surface area contributed by atoms with Crippen molar-refractivity contribution in [3.05, 3.63) is 59.2 Å². The van der Waals surface area contributed by atoms with Gasteiger partial charge in [-0.25, -0.2) is 4.79 Å². The summed E-state index contributed by atoms with van der Waals surface area (Å²) in [6.45, 7) is 3.84. The molecule has 0 spiro atoms. The minimum atomic E-state index is -0.626. The highest BCUT2D eigenvalue weighted by Gasteiger charge is 2.37. The first-order chi connectivity index (χ1) is 15.9. The van der Waals surface area contributed by atoms with Crippen LogP contribution in [0.15, 0.2) is 42.5 Å². The Labute approximate surface area is 192 Å². The maximum atomic E-state index is 12.7. The van der Waals surface area contributed by atoms with Crippen LogP contribution < -0.4 is 10.2 Å². The summed E-state index contributed by atoms with van der Waals surface area (Å²) in [5.41, 5.74) is 3.82. The van der Waals surface area contributed by atoms with Gasteiger partial charge < -0.3 is 19.7 Å². The first-order valence-electron chi connectivity index (χ1n) is 10.9. The number of benzene rings is 2. The van der Waals surface area contributed by atoms with Crippen LogP contribution >= 0.6 is 0 Å². The van der Waals surface area contributed by atoms with Gasteiger partial charge in [0.25, 0.3) is 5.91 Å². The topological polar surface area (TPSA) is 102 Å². The van der Waals surface area contributed by atoms with Gasteiger partial charge in [-0.3, -0.25) is 14.4 Å². The predicted molar refractivity (Wildman–Crippen MR) is 123 cm³/mol. The number of hydrogen-bond acceptors (Lipinski definition) is 6. The molecular formula is C25H28N2O6. The number of hydrogen-bond donors (Lipinski definition) is 1. The zero-order chi connectivity index (χ0) is 24.0. The molecule has 1 fully saturated rings. The number of rotatable bonds is 8. The van der Waals surface area contributed by atoms with E-state index in [0.717, 1.165) is 29.7 Å². The second-order valence-electron chi connectivity index (χ2n) is 7.76. The Morgan fingerprint density at radius 3 is 2.24 bits per heavy atom. The Balaban J connectivity index is 1.57. The van der Waals surface area contributed by atoms with E-state index in [-0.39, 0.29) is 18.9 Å². The van der Waals surface area contributed by atoms with Gasteiger partial charge in [0.1, 0.15) is 0 Å². The van der Waals surface area contributed by atoms with Gasteiger partial charge in [0, 0.05) is 24.3 Å². The summed E-state index contributed by atoms with van der Waals surface area (Å²) in [4.78, 5) is 50.6. The van der Waals surface area contributed by atoms with Crippen LogP contribution in [-0.2, 0) is 36.7 Å². The minimum absolute atomic E-state index is 0.0522. The van der Waals surface area contributed by atoms with E-state index in [0.29, 0.717) is 11.3 Å². The minimum Gasteiger partial charge on any atom is -0.465 e. The zero-order valence-electron chi connectivity index (χ0n) is 19.1. The third kappa shape index (κ3) is 5.58. The van der Waals surface area contributed by atoms with E-state index in [4.69, 9.17) is 4.74 Å². The van der Waals surface area contributed by atoms with Crippen molar-refractivity contribution in [2.75, 3.05) is 30.5 Å². The molecule has 0 aliphatic carbocycles. The quantitative estimate of drug-likeness (QED) is 0.618. The lowest BCUT2D eigenvalue weighted by molar-refractivity contribution is -0.151. The Morgan fingerprint density at radius 1 is 1.03 bits per heavy atom. The third-order valence-electron chi connectivity index (χ3n) is 5.63. The highest BCUT2D eigenvalue weighted by atomic mass is 16.5. The van der Waals surface area contributed by atoms with Crippen molar-refractivity contribution in [2.45, 2.75) is 33.1 Å². The van der Waals surface area contributed by atoms with Gasteiger partial charge in [-0.1, -0.05) is 32.0 Å². The summed E-state index contributed by atoms with van der Waals surface area (Å²) in [5.74, 6) is -2.31. The van der Waals surface area contributed by atoms with Crippen LogP contribution in [0.1, 0.15) is 41.8 Å². The van der Waals surface area contributed by atoms with Crippen LogP contribution in [0.2, 0.25) is 0 Å². The molecule has 2 aromatic carbocycles. The highest BCUT2D eigenvalue weighted by molar-refractivity contribution is 6.01. The number of nitrogens with one attached hydrogen (secondary N) is 1. The summed E-state index contributed by atoms with van der Waals surface area (Å²) >= 11 is 0. The molecule has 1 atom stereocenters. The van der Waals surface area contributed by atoms with Gasteiger partial charge in [-0.15, -0.1) is 0 Å². The van der Waals surface area contributed by atoms with E-state index in [1.54, 1.807) is 17.0 Å². The van der Waals surface area contributed by atoms with E-state index in [1.165, 1.54) is 19.2 Å². The SMILES string of the molecule is CCc1cccc(CC)c1N1C[C@H](C(=O)OCC(=O)Nc2ccc(C(=O)OC)cc2)CC1=O. The molecule has 0 saturated carbocycles. The number of ether oxygens (including phenoxy) is 2. The van der Waals surface area contributed by atoms with Gasteiger partial charge in [0.05, 0.1) is 18.6 Å². The van der Waals surface area contributed by atoms with Crippen molar-refractivity contribution < 1.29 is 28.7 Å². The molecule has 33 heavy (non-hydrogen) atoms. The van der Waals surface area contributed by atoms with Crippen molar-refractivity contribution in [3.63, 3.8) is 0 Å². The standard InChI is InChI=1S/C25H28N2O6/c1-4-16-7-6-8-17(5-2)23(16)27-14-19(13-22(27)29)25(31)33-15-21(28)26-20-11-9-18(10-12-20)24(30)32-3/h6-12,19H,4-5,13-15H2,1-3H3,(H,26,28)/t19-/m1/s1. The molecule has 2 amide bonds. The van der Waals surface area contributed by atoms with Gasteiger partial charge in [-0.05, 0) is 48.2 Å². The lowest BCUT2D eigenvalue weighted by atomic mass is 10.0. The fraction of sp³-hybridized carbons (Fsp3) is 0.360. The molecule has 8 heteroatoms. The van der Waals surface area contributed by atoms with E-state index in [1.807, 2.05) is 32.0 Å². The zero-order valence-corrected chi connectivity index (χ0v) is 19.1. The smallest absolute Gasteiger partial charge is 0.337 e. The van der Waals surface area contributed by atoms with Crippen LogP contribution in [-0.4, -0.2) is 44.0 Å². The lowest BCUT2D eigenvalue weighted by Gasteiger charge is -2.23. The van der Waals surface area contributed by atoms with Crippen molar-refractivity contribution in [1.29, 1.82) is 0 Å². The molecule has 8 nitrogen and oxygen atoms in total. The first kappa shape index (κ1) is 24.0. The number of methoxy groups -OCH3 is 1. The lowest BCUT2D eigenvalue weighted by Crippen LogP contribution is -2.29. The number of anilines is 2. The largest absolute Gasteiger partial charge is 0.465 e.